The average Bonchev–Trinajstić information content (AvgIpc) is 2.74. The molecule has 1 saturated heterocycles. The molecule has 112 valence electrons. The van der Waals surface area contributed by atoms with E-state index in [-0.39, 0.29) is 18.0 Å². The number of hydrogen-bond donors (Lipinski definition) is 1. The zero-order valence-electron chi connectivity index (χ0n) is 12.6. The molecule has 0 aliphatic carbocycles. The summed E-state index contributed by atoms with van der Waals surface area (Å²) in [6, 6.07) is 7.07. The van der Waals surface area contributed by atoms with Gasteiger partial charge < -0.3 is 10.1 Å². The Morgan fingerprint density at radius 1 is 1.24 bits per heavy atom. The Bertz CT molecular complexity index is 563. The summed E-state index contributed by atoms with van der Waals surface area (Å²) in [5, 5.41) is 2.58. The first-order valence-electron chi connectivity index (χ1n) is 7.16. The van der Waals surface area contributed by atoms with Crippen molar-refractivity contribution >= 4 is 18.0 Å². The number of nitrogens with zero attached hydrogens (tertiary/aromatic N) is 1. The molecule has 1 fully saturated rings. The van der Waals surface area contributed by atoms with Crippen LogP contribution in [-0.2, 0) is 4.79 Å². The number of ether oxygens (including phenoxy) is 1. The zero-order valence-corrected chi connectivity index (χ0v) is 12.6. The standard InChI is InChI=1S/C16H20N2O3/c1-4-11(3)21-13-8-6-12(7-9-13)10-14-15(19)18(5-2)16(20)17-14/h6-11H,4-5H2,1-3H3,(H,17,20)/b14-10+/t11-/m0/s1. The first-order valence-corrected chi connectivity index (χ1v) is 7.16. The van der Waals surface area contributed by atoms with Crippen LogP contribution in [0.3, 0.4) is 0 Å². The van der Waals surface area contributed by atoms with Gasteiger partial charge in [-0.2, -0.15) is 0 Å². The highest BCUT2D eigenvalue weighted by Crippen LogP contribution is 2.18. The van der Waals surface area contributed by atoms with Gasteiger partial charge in [-0.15, -0.1) is 0 Å². The van der Waals surface area contributed by atoms with Gasteiger partial charge in [0.1, 0.15) is 11.4 Å². The van der Waals surface area contributed by atoms with Gasteiger partial charge in [-0.05, 0) is 44.0 Å². The highest BCUT2D eigenvalue weighted by atomic mass is 16.5. The van der Waals surface area contributed by atoms with E-state index in [2.05, 4.69) is 12.2 Å². The van der Waals surface area contributed by atoms with E-state index in [1.807, 2.05) is 31.2 Å². The molecule has 1 aliphatic heterocycles. The second-order valence-corrected chi connectivity index (χ2v) is 4.94. The average molecular weight is 288 g/mol. The number of likely N-dealkylation sites (N-methyl/N-ethyl adjacent to an activating group) is 1. The molecule has 1 aromatic rings. The Balaban J connectivity index is 2.11. The van der Waals surface area contributed by atoms with Crippen molar-refractivity contribution in [2.24, 2.45) is 0 Å². The summed E-state index contributed by atoms with van der Waals surface area (Å²) in [5.41, 5.74) is 1.14. The second kappa shape index (κ2) is 6.43. The molecule has 0 radical (unpaired) electrons. The van der Waals surface area contributed by atoms with Crippen LogP contribution >= 0.6 is 0 Å². The summed E-state index contributed by atoms with van der Waals surface area (Å²) >= 11 is 0. The van der Waals surface area contributed by atoms with Crippen molar-refractivity contribution in [3.05, 3.63) is 35.5 Å². The molecule has 0 aromatic heterocycles. The molecule has 5 nitrogen and oxygen atoms in total. The highest BCUT2D eigenvalue weighted by Gasteiger charge is 2.31. The minimum atomic E-state index is -0.370. The van der Waals surface area contributed by atoms with Crippen LogP contribution in [0.15, 0.2) is 30.0 Å². The molecule has 2 rings (SSSR count). The topological polar surface area (TPSA) is 58.6 Å². The van der Waals surface area contributed by atoms with Crippen molar-refractivity contribution in [1.82, 2.24) is 10.2 Å². The van der Waals surface area contributed by atoms with Crippen LogP contribution in [0.4, 0.5) is 4.79 Å². The Labute approximate surface area is 124 Å². The minimum Gasteiger partial charge on any atom is -0.491 e. The monoisotopic (exact) mass is 288 g/mol. The largest absolute Gasteiger partial charge is 0.491 e. The number of benzene rings is 1. The summed E-state index contributed by atoms with van der Waals surface area (Å²) in [4.78, 5) is 24.7. The second-order valence-electron chi connectivity index (χ2n) is 4.94. The summed E-state index contributed by atoms with van der Waals surface area (Å²) in [5.74, 6) is 0.505. The fourth-order valence-corrected chi connectivity index (χ4v) is 1.98. The Morgan fingerprint density at radius 2 is 1.90 bits per heavy atom. The van der Waals surface area contributed by atoms with Crippen LogP contribution in [0.1, 0.15) is 32.8 Å². The fourth-order valence-electron chi connectivity index (χ4n) is 1.98. The number of nitrogens with one attached hydrogen (secondary N) is 1. The molecular formula is C16H20N2O3. The molecule has 0 spiro atoms. The van der Waals surface area contributed by atoms with Crippen molar-refractivity contribution in [2.45, 2.75) is 33.3 Å². The van der Waals surface area contributed by atoms with Gasteiger partial charge in [-0.1, -0.05) is 19.1 Å². The molecule has 1 N–H and O–H groups in total. The molecule has 0 saturated carbocycles. The quantitative estimate of drug-likeness (QED) is 0.669. The summed E-state index contributed by atoms with van der Waals surface area (Å²) in [6.07, 6.45) is 2.78. The van der Waals surface area contributed by atoms with E-state index < -0.39 is 0 Å². The van der Waals surface area contributed by atoms with Gasteiger partial charge in [0.15, 0.2) is 0 Å². The summed E-state index contributed by atoms with van der Waals surface area (Å²) in [7, 11) is 0. The maximum atomic E-state index is 12.0. The molecular weight excluding hydrogens is 268 g/mol. The zero-order chi connectivity index (χ0) is 15.4. The van der Waals surface area contributed by atoms with Crippen LogP contribution in [0.2, 0.25) is 0 Å². The van der Waals surface area contributed by atoms with Crippen molar-refractivity contribution < 1.29 is 14.3 Å². The van der Waals surface area contributed by atoms with Gasteiger partial charge in [-0.25, -0.2) is 4.79 Å². The lowest BCUT2D eigenvalue weighted by molar-refractivity contribution is -0.122. The third kappa shape index (κ3) is 3.42. The van der Waals surface area contributed by atoms with Crippen molar-refractivity contribution in [3.8, 4) is 5.75 Å². The van der Waals surface area contributed by atoms with Gasteiger partial charge in [0.05, 0.1) is 6.10 Å². The molecule has 1 aliphatic rings. The fraction of sp³-hybridized carbons (Fsp3) is 0.375. The number of carbonyl (C=O) groups excluding carboxylic acids is 2. The lowest BCUT2D eigenvalue weighted by Crippen LogP contribution is -2.30. The molecule has 1 atom stereocenters. The first kappa shape index (κ1) is 15.1. The summed E-state index contributed by atoms with van der Waals surface area (Å²) in [6.45, 7) is 6.21. The van der Waals surface area contributed by atoms with Gasteiger partial charge in [0.2, 0.25) is 0 Å². The van der Waals surface area contributed by atoms with Crippen molar-refractivity contribution in [2.75, 3.05) is 6.54 Å². The molecule has 0 bridgehead atoms. The van der Waals surface area contributed by atoms with E-state index in [0.29, 0.717) is 12.2 Å². The minimum absolute atomic E-state index is 0.169. The maximum Gasteiger partial charge on any atom is 0.328 e. The number of urea groups is 1. The van der Waals surface area contributed by atoms with Crippen LogP contribution in [-0.4, -0.2) is 29.5 Å². The Hall–Kier alpha value is -2.30. The third-order valence-electron chi connectivity index (χ3n) is 3.38. The number of imide groups is 1. The van der Waals surface area contributed by atoms with Gasteiger partial charge in [-0.3, -0.25) is 9.69 Å². The number of hydrogen-bond acceptors (Lipinski definition) is 3. The predicted octanol–water partition coefficient (Wildman–Crippen LogP) is 2.78. The Morgan fingerprint density at radius 3 is 2.43 bits per heavy atom. The van der Waals surface area contributed by atoms with Gasteiger partial charge in [0, 0.05) is 6.54 Å². The molecule has 1 aromatic carbocycles. The Kier molecular flexibility index (Phi) is 4.62. The molecule has 1 heterocycles. The van der Waals surface area contributed by atoms with E-state index in [1.165, 1.54) is 4.90 Å². The number of carbonyl (C=O) groups is 2. The summed E-state index contributed by atoms with van der Waals surface area (Å²) < 4.78 is 5.70. The van der Waals surface area contributed by atoms with Crippen molar-refractivity contribution in [1.29, 1.82) is 0 Å². The molecule has 3 amide bonds. The van der Waals surface area contributed by atoms with Gasteiger partial charge >= 0.3 is 6.03 Å². The number of rotatable bonds is 5. The van der Waals surface area contributed by atoms with Crippen molar-refractivity contribution in [3.63, 3.8) is 0 Å². The van der Waals surface area contributed by atoms with E-state index in [1.54, 1.807) is 13.0 Å². The van der Waals surface area contributed by atoms with Crippen LogP contribution in [0.5, 0.6) is 5.75 Å². The van der Waals surface area contributed by atoms with Gasteiger partial charge in [0.25, 0.3) is 5.91 Å². The molecule has 21 heavy (non-hydrogen) atoms. The maximum absolute atomic E-state index is 12.0. The normalized spacial score (nSPS) is 18.0. The third-order valence-corrected chi connectivity index (χ3v) is 3.38. The first-order chi connectivity index (χ1) is 10.0. The highest BCUT2D eigenvalue weighted by molar-refractivity contribution is 6.13. The van der Waals surface area contributed by atoms with Crippen LogP contribution < -0.4 is 10.1 Å². The molecule has 5 heteroatoms. The van der Waals surface area contributed by atoms with E-state index in [9.17, 15) is 9.59 Å². The smallest absolute Gasteiger partial charge is 0.328 e. The lowest BCUT2D eigenvalue weighted by Gasteiger charge is -2.12. The van der Waals surface area contributed by atoms with Crippen LogP contribution in [0, 0.1) is 0 Å². The van der Waals surface area contributed by atoms with E-state index in [0.717, 1.165) is 17.7 Å². The molecule has 0 unspecified atom stereocenters. The van der Waals surface area contributed by atoms with E-state index >= 15 is 0 Å². The van der Waals surface area contributed by atoms with E-state index in [4.69, 9.17) is 4.74 Å². The predicted molar refractivity (Wildman–Crippen MR) is 80.7 cm³/mol. The SMILES string of the molecule is CC[C@H](C)Oc1ccc(/C=C2/NC(=O)N(CC)C2=O)cc1. The number of amides is 3. The van der Waals surface area contributed by atoms with Crippen LogP contribution in [0.25, 0.3) is 6.08 Å². The lowest BCUT2D eigenvalue weighted by atomic mass is 10.2.